The lowest BCUT2D eigenvalue weighted by molar-refractivity contribution is 0.0259. The van der Waals surface area contributed by atoms with E-state index in [2.05, 4.69) is 15.1 Å². The van der Waals surface area contributed by atoms with Gasteiger partial charge in [-0.1, -0.05) is 32.1 Å². The van der Waals surface area contributed by atoms with Crippen LogP contribution in [0, 0.1) is 0 Å². The van der Waals surface area contributed by atoms with Crippen molar-refractivity contribution >= 4 is 6.03 Å². The molecule has 1 unspecified atom stereocenters. The molecule has 0 bridgehead atoms. The number of nitrogens with zero attached hydrogens (tertiary/aromatic N) is 2. The van der Waals surface area contributed by atoms with Gasteiger partial charge in [0.15, 0.2) is 0 Å². The monoisotopic (exact) mass is 323 g/mol. The summed E-state index contributed by atoms with van der Waals surface area (Å²) in [5.74, 6) is 0. The van der Waals surface area contributed by atoms with Gasteiger partial charge in [0.05, 0.1) is 13.2 Å². The van der Waals surface area contributed by atoms with E-state index in [-0.39, 0.29) is 6.03 Å². The Morgan fingerprint density at radius 3 is 2.39 bits per heavy atom. The Bertz CT molecular complexity index is 365. The van der Waals surface area contributed by atoms with Crippen LogP contribution in [-0.2, 0) is 4.74 Å². The van der Waals surface area contributed by atoms with Crippen molar-refractivity contribution in [3.63, 3.8) is 0 Å². The fourth-order valence-corrected chi connectivity index (χ4v) is 4.22. The fourth-order valence-electron chi connectivity index (χ4n) is 4.22. The smallest absolute Gasteiger partial charge is 0.317 e. The summed E-state index contributed by atoms with van der Waals surface area (Å²) in [6, 6.07) is 0.972. The number of morpholine rings is 1. The van der Waals surface area contributed by atoms with Gasteiger partial charge in [-0.15, -0.1) is 0 Å². The Labute approximate surface area is 140 Å². The lowest BCUT2D eigenvalue weighted by Crippen LogP contribution is -2.53. The molecular weight excluding hydrogens is 290 g/mol. The zero-order valence-electron chi connectivity index (χ0n) is 14.5. The van der Waals surface area contributed by atoms with Crippen LogP contribution in [0.2, 0.25) is 0 Å². The van der Waals surface area contributed by atoms with E-state index in [4.69, 9.17) is 4.74 Å². The lowest BCUT2D eigenvalue weighted by Gasteiger charge is -2.37. The summed E-state index contributed by atoms with van der Waals surface area (Å²) < 4.78 is 5.45. The number of urea groups is 1. The molecule has 2 heterocycles. The number of nitrogens with one attached hydrogen (secondary N) is 1. The van der Waals surface area contributed by atoms with Gasteiger partial charge >= 0.3 is 6.03 Å². The van der Waals surface area contributed by atoms with Crippen molar-refractivity contribution in [3.05, 3.63) is 0 Å². The first kappa shape index (κ1) is 17.0. The summed E-state index contributed by atoms with van der Waals surface area (Å²) >= 11 is 0. The van der Waals surface area contributed by atoms with Crippen LogP contribution in [0.3, 0.4) is 0 Å². The highest BCUT2D eigenvalue weighted by molar-refractivity contribution is 5.75. The predicted molar refractivity (Wildman–Crippen MR) is 91.6 cm³/mol. The highest BCUT2D eigenvalue weighted by Gasteiger charge is 2.29. The second-order valence-electron chi connectivity index (χ2n) is 7.39. The van der Waals surface area contributed by atoms with Crippen LogP contribution in [0.15, 0.2) is 0 Å². The van der Waals surface area contributed by atoms with Gasteiger partial charge in [-0.2, -0.15) is 0 Å². The van der Waals surface area contributed by atoms with Gasteiger partial charge in [-0.3, -0.25) is 4.90 Å². The molecule has 1 atom stereocenters. The van der Waals surface area contributed by atoms with Crippen molar-refractivity contribution in [2.24, 2.45) is 0 Å². The van der Waals surface area contributed by atoms with Crippen LogP contribution >= 0.6 is 0 Å². The quantitative estimate of drug-likeness (QED) is 0.868. The number of rotatable bonds is 3. The van der Waals surface area contributed by atoms with E-state index >= 15 is 0 Å². The molecule has 0 radical (unpaired) electrons. The van der Waals surface area contributed by atoms with E-state index in [1.54, 1.807) is 0 Å². The number of hydrogen-bond donors (Lipinski definition) is 1. The third-order valence-corrected chi connectivity index (χ3v) is 5.64. The van der Waals surface area contributed by atoms with Crippen molar-refractivity contribution in [2.75, 3.05) is 39.4 Å². The molecule has 0 spiro atoms. The molecule has 5 nitrogen and oxygen atoms in total. The number of hydrogen-bond acceptors (Lipinski definition) is 3. The number of likely N-dealkylation sites (tertiary alicyclic amines) is 1. The standard InChI is InChI=1S/C18H33N3O2/c22-18(19-16-7-3-1-4-8-16)21-10-6-2-5-9-17(21)15-20-11-13-23-14-12-20/h16-17H,1-15H2,(H,19,22). The Kier molecular flexibility index (Phi) is 6.57. The number of carbonyl (C=O) groups excluding carboxylic acids is 1. The second kappa shape index (κ2) is 8.88. The topological polar surface area (TPSA) is 44.8 Å². The van der Waals surface area contributed by atoms with Gasteiger partial charge in [-0.25, -0.2) is 4.79 Å². The van der Waals surface area contributed by atoms with E-state index in [0.29, 0.717) is 12.1 Å². The van der Waals surface area contributed by atoms with Crippen molar-refractivity contribution in [2.45, 2.75) is 69.9 Å². The first-order valence-corrected chi connectivity index (χ1v) is 9.70. The molecule has 132 valence electrons. The van der Waals surface area contributed by atoms with E-state index in [1.807, 2.05) is 0 Å². The van der Waals surface area contributed by atoms with Crippen LogP contribution in [0.4, 0.5) is 4.79 Å². The number of ether oxygens (including phenoxy) is 1. The normalized spacial score (nSPS) is 28.3. The van der Waals surface area contributed by atoms with Crippen LogP contribution in [-0.4, -0.2) is 67.3 Å². The maximum atomic E-state index is 12.8. The molecule has 3 rings (SSSR count). The molecule has 1 aliphatic carbocycles. The van der Waals surface area contributed by atoms with E-state index in [0.717, 1.165) is 65.1 Å². The summed E-state index contributed by atoms with van der Waals surface area (Å²) in [4.78, 5) is 17.5. The van der Waals surface area contributed by atoms with Gasteiger partial charge in [-0.05, 0) is 25.7 Å². The molecule has 1 saturated carbocycles. The zero-order chi connectivity index (χ0) is 15.9. The molecule has 2 saturated heterocycles. The van der Waals surface area contributed by atoms with Gasteiger partial charge in [0.2, 0.25) is 0 Å². The average molecular weight is 323 g/mol. The van der Waals surface area contributed by atoms with Gasteiger partial charge in [0.25, 0.3) is 0 Å². The molecule has 2 aliphatic heterocycles. The molecule has 3 aliphatic rings. The first-order chi connectivity index (χ1) is 11.3. The molecule has 5 heteroatoms. The molecule has 23 heavy (non-hydrogen) atoms. The van der Waals surface area contributed by atoms with Crippen LogP contribution in [0.25, 0.3) is 0 Å². The van der Waals surface area contributed by atoms with Gasteiger partial charge < -0.3 is 15.0 Å². The van der Waals surface area contributed by atoms with Crippen molar-refractivity contribution in [3.8, 4) is 0 Å². The summed E-state index contributed by atoms with van der Waals surface area (Å²) in [5, 5.41) is 3.33. The number of carbonyl (C=O) groups is 1. The molecular formula is C18H33N3O2. The maximum absolute atomic E-state index is 12.8. The first-order valence-electron chi connectivity index (χ1n) is 9.70. The Balaban J connectivity index is 1.56. The summed E-state index contributed by atoms with van der Waals surface area (Å²) in [6.45, 7) is 5.63. The largest absolute Gasteiger partial charge is 0.379 e. The van der Waals surface area contributed by atoms with E-state index in [1.165, 1.54) is 32.1 Å². The highest BCUT2D eigenvalue weighted by Crippen LogP contribution is 2.21. The molecule has 0 aromatic rings. The predicted octanol–water partition coefficient (Wildman–Crippen LogP) is 2.61. The molecule has 2 amide bonds. The molecule has 0 aromatic carbocycles. The summed E-state index contributed by atoms with van der Waals surface area (Å²) in [5.41, 5.74) is 0. The average Bonchev–Trinajstić information content (AvgIpc) is 2.82. The van der Waals surface area contributed by atoms with E-state index in [9.17, 15) is 4.79 Å². The van der Waals surface area contributed by atoms with Crippen LogP contribution in [0.1, 0.15) is 57.8 Å². The SMILES string of the molecule is O=C(NC1CCCCC1)N1CCCCCC1CN1CCOCC1. The van der Waals surface area contributed by atoms with Crippen molar-refractivity contribution in [1.29, 1.82) is 0 Å². The number of amides is 2. The zero-order valence-corrected chi connectivity index (χ0v) is 14.5. The Hall–Kier alpha value is -0.810. The minimum absolute atomic E-state index is 0.192. The van der Waals surface area contributed by atoms with E-state index < -0.39 is 0 Å². The van der Waals surface area contributed by atoms with Crippen LogP contribution in [0.5, 0.6) is 0 Å². The Morgan fingerprint density at radius 2 is 1.61 bits per heavy atom. The third kappa shape index (κ3) is 5.08. The van der Waals surface area contributed by atoms with Crippen molar-refractivity contribution in [1.82, 2.24) is 15.1 Å². The fraction of sp³-hybridized carbons (Fsp3) is 0.944. The Morgan fingerprint density at radius 1 is 0.913 bits per heavy atom. The highest BCUT2D eigenvalue weighted by atomic mass is 16.5. The minimum atomic E-state index is 0.192. The molecule has 0 aromatic heterocycles. The second-order valence-corrected chi connectivity index (χ2v) is 7.39. The molecule has 1 N–H and O–H groups in total. The maximum Gasteiger partial charge on any atom is 0.317 e. The summed E-state index contributed by atoms with van der Waals surface area (Å²) in [7, 11) is 0. The lowest BCUT2D eigenvalue weighted by atomic mass is 9.96. The van der Waals surface area contributed by atoms with Gasteiger partial charge in [0, 0.05) is 38.3 Å². The van der Waals surface area contributed by atoms with Crippen LogP contribution < -0.4 is 5.32 Å². The third-order valence-electron chi connectivity index (χ3n) is 5.64. The molecule has 3 fully saturated rings. The van der Waals surface area contributed by atoms with Crippen molar-refractivity contribution < 1.29 is 9.53 Å². The van der Waals surface area contributed by atoms with Gasteiger partial charge in [0.1, 0.15) is 0 Å². The minimum Gasteiger partial charge on any atom is -0.379 e. The summed E-state index contributed by atoms with van der Waals surface area (Å²) in [6.07, 6.45) is 11.0.